The van der Waals surface area contributed by atoms with Crippen LogP contribution >= 0.6 is 0 Å². The maximum Gasteiger partial charge on any atom is 0.303 e. The largest absolute Gasteiger partial charge is 0.487 e. The van der Waals surface area contributed by atoms with Gasteiger partial charge in [-0.2, -0.15) is 4.98 Å². The Morgan fingerprint density at radius 3 is 2.23 bits per heavy atom. The highest BCUT2D eigenvalue weighted by Crippen LogP contribution is 2.33. The molecule has 2 aromatic carbocycles. The van der Waals surface area contributed by atoms with Crippen molar-refractivity contribution >= 4 is 23.8 Å². The lowest BCUT2D eigenvalue weighted by molar-refractivity contribution is -0.239. The summed E-state index contributed by atoms with van der Waals surface area (Å²) in [5.74, 6) is -1.14. The molecule has 1 aliphatic rings. The number of hydrogen-bond donors (Lipinski definition) is 1. The molecule has 1 saturated heterocycles. The van der Waals surface area contributed by atoms with E-state index in [0.717, 1.165) is 12.5 Å². The monoisotopic (exact) mass is 648 g/mol. The van der Waals surface area contributed by atoms with Crippen LogP contribution in [0.25, 0.3) is 22.8 Å². The van der Waals surface area contributed by atoms with Crippen LogP contribution in [0.4, 0.5) is 0 Å². The second kappa shape index (κ2) is 14.6. The number of nitrogens with one attached hydrogen (secondary N) is 1. The average Bonchev–Trinajstić information content (AvgIpc) is 3.72. The highest BCUT2D eigenvalue weighted by Gasteiger charge is 2.51. The van der Waals surface area contributed by atoms with Crippen molar-refractivity contribution in [3.63, 3.8) is 0 Å². The van der Waals surface area contributed by atoms with Crippen LogP contribution < -0.4 is 10.1 Å². The van der Waals surface area contributed by atoms with Gasteiger partial charge in [-0.25, -0.2) is 4.68 Å². The third-order valence-electron chi connectivity index (χ3n) is 6.85. The Morgan fingerprint density at radius 1 is 0.872 bits per heavy atom. The first-order chi connectivity index (χ1) is 22.6. The van der Waals surface area contributed by atoms with Gasteiger partial charge in [0, 0.05) is 38.8 Å². The number of rotatable bonds is 11. The summed E-state index contributed by atoms with van der Waals surface area (Å²) in [6, 6.07) is 15.4. The Bertz CT molecular complexity index is 1710. The molecule has 5 rings (SSSR count). The summed E-state index contributed by atoms with van der Waals surface area (Å²) in [6.07, 6.45) is -3.14. The van der Waals surface area contributed by atoms with Gasteiger partial charge in [-0.1, -0.05) is 40.7 Å². The minimum atomic E-state index is -1.23. The Morgan fingerprint density at radius 2 is 1.57 bits per heavy atom. The molecule has 16 heteroatoms. The van der Waals surface area contributed by atoms with Gasteiger partial charge in [0.05, 0.1) is 6.20 Å². The second-order valence-electron chi connectivity index (χ2n) is 10.5. The summed E-state index contributed by atoms with van der Waals surface area (Å²) >= 11 is 0. The highest BCUT2D eigenvalue weighted by atomic mass is 16.6. The lowest BCUT2D eigenvalue weighted by Crippen LogP contribution is -2.64. The van der Waals surface area contributed by atoms with Crippen molar-refractivity contribution in [3.8, 4) is 28.6 Å². The van der Waals surface area contributed by atoms with E-state index in [1.807, 2.05) is 30.3 Å². The van der Waals surface area contributed by atoms with Crippen molar-refractivity contribution in [2.75, 3.05) is 6.61 Å². The van der Waals surface area contributed by atoms with E-state index in [9.17, 15) is 19.2 Å². The van der Waals surface area contributed by atoms with Crippen LogP contribution in [-0.4, -0.2) is 79.9 Å². The van der Waals surface area contributed by atoms with Crippen LogP contribution in [-0.2, 0) is 44.7 Å². The van der Waals surface area contributed by atoms with Crippen molar-refractivity contribution in [2.45, 2.75) is 64.9 Å². The van der Waals surface area contributed by atoms with Crippen LogP contribution in [0, 0.1) is 0 Å². The zero-order valence-electron chi connectivity index (χ0n) is 25.9. The van der Waals surface area contributed by atoms with E-state index >= 15 is 0 Å². The number of esters is 3. The fourth-order valence-electron chi connectivity index (χ4n) is 4.93. The number of hydrogen-bond acceptors (Lipinski definition) is 14. The van der Waals surface area contributed by atoms with Gasteiger partial charge in [0.25, 0.3) is 5.89 Å². The summed E-state index contributed by atoms with van der Waals surface area (Å²) in [5, 5.41) is 15.0. The summed E-state index contributed by atoms with van der Waals surface area (Å²) in [7, 11) is 0. The Labute approximate surface area is 268 Å². The van der Waals surface area contributed by atoms with Crippen molar-refractivity contribution < 1.29 is 47.4 Å². The molecule has 0 unspecified atom stereocenters. The van der Waals surface area contributed by atoms with Gasteiger partial charge in [-0.15, -0.1) is 5.10 Å². The first-order valence-corrected chi connectivity index (χ1v) is 14.5. The van der Waals surface area contributed by atoms with Gasteiger partial charge in [0.1, 0.15) is 36.8 Å². The van der Waals surface area contributed by atoms with Crippen LogP contribution in [0.5, 0.6) is 5.75 Å². The molecule has 0 radical (unpaired) electrons. The molecule has 1 fully saturated rings. The average molecular weight is 649 g/mol. The van der Waals surface area contributed by atoms with Crippen LogP contribution in [0.1, 0.15) is 39.6 Å². The molecule has 3 heterocycles. The minimum absolute atomic E-state index is 0.00983. The predicted molar refractivity (Wildman–Crippen MR) is 159 cm³/mol. The van der Waals surface area contributed by atoms with E-state index in [1.165, 1.54) is 31.6 Å². The Balaban J connectivity index is 1.31. The van der Waals surface area contributed by atoms with E-state index in [1.54, 1.807) is 24.3 Å². The summed E-state index contributed by atoms with van der Waals surface area (Å²) in [6.45, 7) is 4.47. The number of carbonyl (C=O) groups excluding carboxylic acids is 4. The number of amides is 1. The number of benzene rings is 2. The smallest absolute Gasteiger partial charge is 0.303 e. The van der Waals surface area contributed by atoms with E-state index < -0.39 is 54.4 Å². The van der Waals surface area contributed by atoms with Crippen LogP contribution in [0.3, 0.4) is 0 Å². The van der Waals surface area contributed by atoms with Crippen LogP contribution in [0.15, 0.2) is 65.3 Å². The van der Waals surface area contributed by atoms with Gasteiger partial charge < -0.3 is 33.5 Å². The van der Waals surface area contributed by atoms with Crippen LogP contribution in [0.2, 0.25) is 0 Å². The summed E-state index contributed by atoms with van der Waals surface area (Å²) < 4.78 is 34.9. The van der Waals surface area contributed by atoms with E-state index in [4.69, 9.17) is 28.2 Å². The first kappa shape index (κ1) is 32.7. The molecule has 5 atom stereocenters. The molecule has 16 nitrogen and oxygen atoms in total. The van der Waals surface area contributed by atoms with Crippen molar-refractivity contribution in [1.82, 2.24) is 30.5 Å². The third kappa shape index (κ3) is 8.35. The molecule has 2 aromatic heterocycles. The SMILES string of the molecule is CC(=O)N[C@@H]1[C@@H](OC(C)=O)[C@H](OC(C)=O)[C@@H](COC(C)=O)O[C@H]1n1cc(COc2ccc(-c3nc(-c4ccccc4)no3)cc2)nn1. The van der Waals surface area contributed by atoms with E-state index in [2.05, 4.69) is 25.8 Å². The van der Waals surface area contributed by atoms with Crippen molar-refractivity contribution in [2.24, 2.45) is 0 Å². The maximum absolute atomic E-state index is 12.2. The summed E-state index contributed by atoms with van der Waals surface area (Å²) in [4.78, 5) is 52.4. The van der Waals surface area contributed by atoms with E-state index in [0.29, 0.717) is 28.7 Å². The zero-order chi connectivity index (χ0) is 33.5. The van der Waals surface area contributed by atoms with Gasteiger partial charge in [-0.05, 0) is 24.3 Å². The molecular formula is C31H32N6O10. The number of ether oxygens (including phenoxy) is 5. The molecule has 1 amide bonds. The standard InChI is InChI=1S/C31H32N6O10/c1-17(38)32-26-28(45-20(4)41)27(44-19(3)40)25(16-42-18(2)39)46-31(26)37-14-23(34-36-37)15-43-24-12-10-22(11-13-24)30-33-29(35-47-30)21-8-6-5-7-9-21/h5-14,25-28,31H,15-16H2,1-4H3,(H,32,38)/t25-,26-,27-,28-,31-/m1/s1. The summed E-state index contributed by atoms with van der Waals surface area (Å²) in [5.41, 5.74) is 1.93. The molecule has 47 heavy (non-hydrogen) atoms. The molecule has 0 saturated carbocycles. The van der Waals surface area contributed by atoms with Crippen molar-refractivity contribution in [1.29, 1.82) is 0 Å². The quantitative estimate of drug-likeness (QED) is 0.184. The van der Waals surface area contributed by atoms with Crippen molar-refractivity contribution in [3.05, 3.63) is 66.5 Å². The maximum atomic E-state index is 12.2. The third-order valence-corrected chi connectivity index (χ3v) is 6.85. The second-order valence-corrected chi connectivity index (χ2v) is 10.5. The lowest BCUT2D eigenvalue weighted by atomic mass is 9.95. The molecule has 246 valence electrons. The van der Waals surface area contributed by atoms with Gasteiger partial charge >= 0.3 is 17.9 Å². The molecule has 0 aliphatic carbocycles. The minimum Gasteiger partial charge on any atom is -0.487 e. The van der Waals surface area contributed by atoms with Gasteiger partial charge in [0.15, 0.2) is 18.4 Å². The topological polar surface area (TPSA) is 196 Å². The molecule has 1 aliphatic heterocycles. The zero-order valence-corrected chi connectivity index (χ0v) is 25.9. The molecular weight excluding hydrogens is 616 g/mol. The Kier molecular flexibility index (Phi) is 10.2. The van der Waals surface area contributed by atoms with Gasteiger partial charge in [0.2, 0.25) is 11.7 Å². The first-order valence-electron chi connectivity index (χ1n) is 14.5. The predicted octanol–water partition coefficient (Wildman–Crippen LogP) is 2.40. The fraction of sp³-hybridized carbons (Fsp3) is 0.355. The normalized spacial score (nSPS) is 20.6. The van der Waals surface area contributed by atoms with Gasteiger partial charge in [-0.3, -0.25) is 19.2 Å². The van der Waals surface area contributed by atoms with E-state index in [-0.39, 0.29) is 13.2 Å². The number of nitrogens with zero attached hydrogens (tertiary/aromatic N) is 5. The number of carbonyl (C=O) groups is 4. The number of aromatic nitrogens is 5. The highest BCUT2D eigenvalue weighted by molar-refractivity contribution is 5.73. The molecule has 4 aromatic rings. The Hall–Kier alpha value is -5.64. The fourth-order valence-corrected chi connectivity index (χ4v) is 4.93. The lowest BCUT2D eigenvalue weighted by Gasteiger charge is -2.45. The molecule has 0 spiro atoms. The molecule has 1 N–H and O–H groups in total. The molecule has 0 bridgehead atoms.